The molecule has 0 aliphatic rings. The third-order valence-corrected chi connectivity index (χ3v) is 2.17. The Hall–Kier alpha value is -1.62. The van der Waals surface area contributed by atoms with Gasteiger partial charge >= 0.3 is 0 Å². The van der Waals surface area contributed by atoms with Crippen molar-refractivity contribution in [2.75, 3.05) is 25.1 Å². The molecule has 1 unspecified atom stereocenters. The first kappa shape index (κ1) is 14.4. The van der Waals surface area contributed by atoms with E-state index in [-0.39, 0.29) is 6.10 Å². The molecule has 0 aliphatic carbocycles. The Morgan fingerprint density at radius 1 is 1.50 bits per heavy atom. The van der Waals surface area contributed by atoms with Gasteiger partial charge in [-0.05, 0) is 20.8 Å². The van der Waals surface area contributed by atoms with Crippen LogP contribution in [0.1, 0.15) is 19.5 Å². The first-order chi connectivity index (χ1) is 8.65. The van der Waals surface area contributed by atoms with Gasteiger partial charge in [0.05, 0.1) is 19.3 Å². The second kappa shape index (κ2) is 7.66. The number of nitrogens with zero attached hydrogens (tertiary/aromatic N) is 2. The van der Waals surface area contributed by atoms with Gasteiger partial charge in [-0.2, -0.15) is 4.98 Å². The number of hydrogen-bond donors (Lipinski definition) is 1. The molecule has 0 saturated heterocycles. The molecule has 1 N–H and O–H groups in total. The first-order valence-corrected chi connectivity index (χ1v) is 6.10. The maximum Gasteiger partial charge on any atom is 0.226 e. The van der Waals surface area contributed by atoms with E-state index >= 15 is 0 Å². The van der Waals surface area contributed by atoms with Crippen LogP contribution in [0.3, 0.4) is 0 Å². The lowest BCUT2D eigenvalue weighted by atomic mass is 10.4. The summed E-state index contributed by atoms with van der Waals surface area (Å²) in [6.45, 7) is 11.2. The fourth-order valence-corrected chi connectivity index (χ4v) is 1.37. The van der Waals surface area contributed by atoms with Gasteiger partial charge in [-0.25, -0.2) is 4.98 Å². The van der Waals surface area contributed by atoms with E-state index in [1.165, 1.54) is 0 Å². The summed E-state index contributed by atoms with van der Waals surface area (Å²) in [7, 11) is 0. The summed E-state index contributed by atoms with van der Waals surface area (Å²) in [5.74, 6) is 1.15. The van der Waals surface area contributed by atoms with Crippen molar-refractivity contribution in [3.63, 3.8) is 0 Å². The number of aromatic nitrogens is 2. The molecule has 5 nitrogen and oxygen atoms in total. The molecule has 0 spiro atoms. The molecule has 1 heterocycles. The summed E-state index contributed by atoms with van der Waals surface area (Å²) >= 11 is 0. The molecular formula is C13H21N3O2. The highest BCUT2D eigenvalue weighted by Gasteiger charge is 2.05. The molecule has 0 radical (unpaired) electrons. The Morgan fingerprint density at radius 3 is 2.94 bits per heavy atom. The van der Waals surface area contributed by atoms with E-state index in [1.807, 2.05) is 26.8 Å². The van der Waals surface area contributed by atoms with Gasteiger partial charge in [0, 0.05) is 18.3 Å². The second-order valence-corrected chi connectivity index (χ2v) is 3.92. The number of aryl methyl sites for hydroxylation is 1. The number of nitrogens with one attached hydrogen (secondary N) is 1. The van der Waals surface area contributed by atoms with Crippen LogP contribution in [0.4, 0.5) is 5.95 Å². The standard InChI is InChI=1S/C13H21N3O2/c1-5-7-18-11(4)9-14-13-15-10(3)8-12(16-13)17-6-2/h5,8,11H,1,6-7,9H2,2-4H3,(H,14,15,16). The number of rotatable bonds is 8. The molecule has 0 aromatic carbocycles. The zero-order chi connectivity index (χ0) is 13.4. The molecule has 0 bridgehead atoms. The Labute approximate surface area is 108 Å². The van der Waals surface area contributed by atoms with Gasteiger partial charge in [-0.15, -0.1) is 6.58 Å². The Kier molecular flexibility index (Phi) is 6.14. The van der Waals surface area contributed by atoms with Crippen LogP contribution in [0, 0.1) is 6.92 Å². The van der Waals surface area contributed by atoms with Gasteiger partial charge in [0.2, 0.25) is 11.8 Å². The molecule has 0 saturated carbocycles. The Morgan fingerprint density at radius 2 is 2.28 bits per heavy atom. The highest BCUT2D eigenvalue weighted by atomic mass is 16.5. The van der Waals surface area contributed by atoms with Crippen molar-refractivity contribution < 1.29 is 9.47 Å². The summed E-state index contributed by atoms with van der Waals surface area (Å²) in [6.07, 6.45) is 1.80. The molecule has 1 atom stereocenters. The van der Waals surface area contributed by atoms with Gasteiger partial charge in [-0.3, -0.25) is 0 Å². The molecule has 0 aliphatic heterocycles. The topological polar surface area (TPSA) is 56.3 Å². The predicted octanol–water partition coefficient (Wildman–Crippen LogP) is 2.19. The zero-order valence-electron chi connectivity index (χ0n) is 11.3. The van der Waals surface area contributed by atoms with Crippen LogP contribution >= 0.6 is 0 Å². The summed E-state index contributed by atoms with van der Waals surface area (Å²) in [5, 5.41) is 3.13. The van der Waals surface area contributed by atoms with Crippen molar-refractivity contribution in [1.29, 1.82) is 0 Å². The molecule has 1 aromatic rings. The second-order valence-electron chi connectivity index (χ2n) is 3.92. The lowest BCUT2D eigenvalue weighted by molar-refractivity contribution is 0.0978. The largest absolute Gasteiger partial charge is 0.478 e. The van der Waals surface area contributed by atoms with Crippen molar-refractivity contribution in [1.82, 2.24) is 9.97 Å². The molecule has 0 amide bonds. The highest BCUT2D eigenvalue weighted by molar-refractivity contribution is 5.30. The number of hydrogen-bond acceptors (Lipinski definition) is 5. The number of anilines is 1. The van der Waals surface area contributed by atoms with Crippen molar-refractivity contribution in [3.05, 3.63) is 24.4 Å². The first-order valence-electron chi connectivity index (χ1n) is 6.10. The van der Waals surface area contributed by atoms with Gasteiger partial charge in [0.1, 0.15) is 0 Å². The van der Waals surface area contributed by atoms with E-state index < -0.39 is 0 Å². The molecule has 18 heavy (non-hydrogen) atoms. The fourth-order valence-electron chi connectivity index (χ4n) is 1.37. The lowest BCUT2D eigenvalue weighted by Crippen LogP contribution is -2.21. The summed E-state index contributed by atoms with van der Waals surface area (Å²) in [5.41, 5.74) is 0.871. The smallest absolute Gasteiger partial charge is 0.226 e. The van der Waals surface area contributed by atoms with Crippen LogP contribution in [0.5, 0.6) is 5.88 Å². The molecule has 1 rings (SSSR count). The van der Waals surface area contributed by atoms with Crippen molar-refractivity contribution in [2.24, 2.45) is 0 Å². The minimum atomic E-state index is 0.0719. The van der Waals surface area contributed by atoms with Crippen LogP contribution in [-0.2, 0) is 4.74 Å². The van der Waals surface area contributed by atoms with Crippen LogP contribution < -0.4 is 10.1 Å². The molecule has 0 fully saturated rings. The summed E-state index contributed by atoms with van der Waals surface area (Å²) in [6, 6.07) is 1.81. The van der Waals surface area contributed by atoms with Gasteiger partial charge in [0.25, 0.3) is 0 Å². The Balaban J connectivity index is 2.53. The normalized spacial score (nSPS) is 11.9. The minimum absolute atomic E-state index is 0.0719. The highest BCUT2D eigenvalue weighted by Crippen LogP contribution is 2.11. The molecular weight excluding hydrogens is 230 g/mol. The predicted molar refractivity (Wildman–Crippen MR) is 72.0 cm³/mol. The van der Waals surface area contributed by atoms with Crippen LogP contribution in [0.2, 0.25) is 0 Å². The molecule has 5 heteroatoms. The maximum atomic E-state index is 5.45. The van der Waals surface area contributed by atoms with Gasteiger partial charge in [-0.1, -0.05) is 6.08 Å². The van der Waals surface area contributed by atoms with E-state index in [1.54, 1.807) is 6.08 Å². The maximum absolute atomic E-state index is 5.45. The lowest BCUT2D eigenvalue weighted by Gasteiger charge is -2.13. The average Bonchev–Trinajstić information content (AvgIpc) is 2.33. The van der Waals surface area contributed by atoms with Crippen molar-refractivity contribution >= 4 is 5.95 Å². The van der Waals surface area contributed by atoms with E-state index in [4.69, 9.17) is 9.47 Å². The summed E-state index contributed by atoms with van der Waals surface area (Å²) < 4.78 is 10.8. The van der Waals surface area contributed by atoms with Gasteiger partial charge < -0.3 is 14.8 Å². The number of ether oxygens (including phenoxy) is 2. The van der Waals surface area contributed by atoms with Crippen LogP contribution in [0.25, 0.3) is 0 Å². The fraction of sp³-hybridized carbons (Fsp3) is 0.538. The molecule has 100 valence electrons. The SMILES string of the molecule is C=CCOC(C)CNc1nc(C)cc(OCC)n1. The zero-order valence-corrected chi connectivity index (χ0v) is 11.3. The van der Waals surface area contributed by atoms with E-state index in [0.717, 1.165) is 5.69 Å². The molecule has 1 aromatic heterocycles. The van der Waals surface area contributed by atoms with E-state index in [2.05, 4.69) is 21.9 Å². The minimum Gasteiger partial charge on any atom is -0.478 e. The van der Waals surface area contributed by atoms with E-state index in [9.17, 15) is 0 Å². The third-order valence-electron chi connectivity index (χ3n) is 2.17. The van der Waals surface area contributed by atoms with E-state index in [0.29, 0.717) is 31.6 Å². The van der Waals surface area contributed by atoms with Gasteiger partial charge in [0.15, 0.2) is 0 Å². The van der Waals surface area contributed by atoms with Crippen molar-refractivity contribution in [3.8, 4) is 5.88 Å². The third kappa shape index (κ3) is 5.14. The summed E-state index contributed by atoms with van der Waals surface area (Å²) in [4.78, 5) is 8.55. The quantitative estimate of drug-likeness (QED) is 0.718. The Bertz CT molecular complexity index is 382. The van der Waals surface area contributed by atoms with Crippen molar-refractivity contribution in [2.45, 2.75) is 26.9 Å². The van der Waals surface area contributed by atoms with Crippen LogP contribution in [0.15, 0.2) is 18.7 Å². The monoisotopic (exact) mass is 251 g/mol. The van der Waals surface area contributed by atoms with Crippen LogP contribution in [-0.4, -0.2) is 35.8 Å². The average molecular weight is 251 g/mol.